The van der Waals surface area contributed by atoms with Crippen LogP contribution in [0, 0.1) is 0 Å². The standard InChI is InChI=1S/28C2H6/c28*1-2/h28*1-2H3. The summed E-state index contributed by atoms with van der Waals surface area (Å²) in [6.07, 6.45) is 0. The molecule has 0 fully saturated rings. The highest BCUT2D eigenvalue weighted by molar-refractivity contribution is 3.56. The Hall–Kier alpha value is 0. The Bertz CT molecular complexity index is 0. The van der Waals surface area contributed by atoms with E-state index in [-0.39, 0.29) is 0 Å². The monoisotopic (exact) mass is 841 g/mol. The van der Waals surface area contributed by atoms with Gasteiger partial charge in [0.25, 0.3) is 0 Å². The van der Waals surface area contributed by atoms with E-state index in [1.54, 1.807) is 0 Å². The van der Waals surface area contributed by atoms with Crippen molar-refractivity contribution in [1.82, 2.24) is 0 Å². The van der Waals surface area contributed by atoms with Crippen LogP contribution in [0.2, 0.25) is 0 Å². The fourth-order valence-corrected chi connectivity index (χ4v) is 0. The van der Waals surface area contributed by atoms with E-state index in [0.29, 0.717) is 0 Å². The summed E-state index contributed by atoms with van der Waals surface area (Å²) in [5.41, 5.74) is 0. The second-order valence-electron chi connectivity index (χ2n) is 0. The quantitative estimate of drug-likeness (QED) is 0.228. The summed E-state index contributed by atoms with van der Waals surface area (Å²) in [6.45, 7) is 112. The van der Waals surface area contributed by atoms with Crippen LogP contribution < -0.4 is 0 Å². The Morgan fingerprint density at radius 2 is 0.0357 bits per heavy atom. The average molecular weight is 842 g/mol. The van der Waals surface area contributed by atoms with Gasteiger partial charge in [-0.2, -0.15) is 0 Å². The van der Waals surface area contributed by atoms with E-state index in [9.17, 15) is 0 Å². The third-order valence-electron chi connectivity index (χ3n) is 0. The zero-order chi connectivity index (χ0) is 56.0. The molecule has 0 nitrogen and oxygen atoms in total. The van der Waals surface area contributed by atoms with Crippen molar-refractivity contribution in [3.63, 3.8) is 0 Å². The Labute approximate surface area is 386 Å². The zero-order valence-electron chi connectivity index (χ0n) is 56.0. The maximum Gasteiger partial charge on any atom is -0.0683 e. The molecule has 0 aliphatic rings. The van der Waals surface area contributed by atoms with Gasteiger partial charge in [-0.15, -0.1) is 0 Å². The number of hydrogen-bond acceptors (Lipinski definition) is 0. The zero-order valence-corrected chi connectivity index (χ0v) is 56.0. The van der Waals surface area contributed by atoms with Crippen molar-refractivity contribution in [2.75, 3.05) is 0 Å². The van der Waals surface area contributed by atoms with Crippen molar-refractivity contribution in [3.05, 3.63) is 0 Å². The lowest BCUT2D eigenvalue weighted by Gasteiger charge is -1.07. The maximum absolute atomic E-state index is 2.00. The first kappa shape index (κ1) is 216. The van der Waals surface area contributed by atoms with Crippen LogP contribution in [0.1, 0.15) is 388 Å². The van der Waals surface area contributed by atoms with E-state index in [0.717, 1.165) is 0 Å². The van der Waals surface area contributed by atoms with Crippen LogP contribution in [0.15, 0.2) is 0 Å². The summed E-state index contributed by atoms with van der Waals surface area (Å²) in [7, 11) is 0. The molecule has 0 heterocycles. The van der Waals surface area contributed by atoms with Gasteiger partial charge in [0.05, 0.1) is 0 Å². The highest BCUT2D eigenvalue weighted by Gasteiger charge is 0.986. The molecule has 0 unspecified atom stereocenters. The molecule has 0 N–H and O–H groups in total. The molecule has 0 radical (unpaired) electrons. The summed E-state index contributed by atoms with van der Waals surface area (Å²) in [5.74, 6) is 0. The topological polar surface area (TPSA) is 0 Å². The van der Waals surface area contributed by atoms with Gasteiger partial charge in [0, 0.05) is 0 Å². The molecule has 0 aliphatic carbocycles. The van der Waals surface area contributed by atoms with Crippen molar-refractivity contribution in [3.8, 4) is 0 Å². The molecule has 0 spiro atoms. The molecule has 56 heavy (non-hydrogen) atoms. The first-order valence-corrected chi connectivity index (χ1v) is 28.0. The molecule has 0 aromatic rings. The molecular formula is C56H168. The fourth-order valence-electron chi connectivity index (χ4n) is 0. The van der Waals surface area contributed by atoms with Crippen molar-refractivity contribution in [1.29, 1.82) is 0 Å². The second-order valence-corrected chi connectivity index (χ2v) is 0. The third-order valence-corrected chi connectivity index (χ3v) is 0. The predicted molar refractivity (Wildman–Crippen MR) is 318 cm³/mol. The highest BCUT2D eigenvalue weighted by Crippen LogP contribution is 1.20. The lowest BCUT2D eigenvalue weighted by molar-refractivity contribution is 1.50. The fraction of sp³-hybridized carbons (Fsp3) is 1.00. The van der Waals surface area contributed by atoms with E-state index in [4.69, 9.17) is 0 Å². The van der Waals surface area contributed by atoms with Gasteiger partial charge in [-0.3, -0.25) is 0 Å². The summed E-state index contributed by atoms with van der Waals surface area (Å²) < 4.78 is 0. The molecule has 392 valence electrons. The average Bonchev–Trinajstić information content (AvgIpc) is 3.45. The molecule has 0 atom stereocenters. The largest absolute Gasteiger partial charge is 0.0683 e. The van der Waals surface area contributed by atoms with Crippen molar-refractivity contribution in [2.45, 2.75) is 388 Å². The van der Waals surface area contributed by atoms with E-state index in [1.165, 1.54) is 0 Å². The van der Waals surface area contributed by atoms with Gasteiger partial charge in [0.15, 0.2) is 0 Å². The van der Waals surface area contributed by atoms with Crippen LogP contribution >= 0.6 is 0 Å². The first-order valence-electron chi connectivity index (χ1n) is 28.0. The van der Waals surface area contributed by atoms with E-state index in [1.807, 2.05) is 388 Å². The summed E-state index contributed by atoms with van der Waals surface area (Å²) in [6, 6.07) is 0. The van der Waals surface area contributed by atoms with Gasteiger partial charge in [0.2, 0.25) is 0 Å². The number of hydrogen-bond donors (Lipinski definition) is 0. The maximum atomic E-state index is 2.00. The molecule has 0 aromatic heterocycles. The molecule has 0 saturated carbocycles. The van der Waals surface area contributed by atoms with Crippen LogP contribution in [0.25, 0.3) is 0 Å². The summed E-state index contributed by atoms with van der Waals surface area (Å²) >= 11 is 0. The van der Waals surface area contributed by atoms with Crippen molar-refractivity contribution >= 4 is 0 Å². The van der Waals surface area contributed by atoms with Crippen LogP contribution in [-0.2, 0) is 0 Å². The Balaban J connectivity index is -0.00000000558. The number of rotatable bonds is 0. The second kappa shape index (κ2) is 0. The Morgan fingerprint density at radius 3 is 0.0357 bits per heavy atom. The lowest BCUT2D eigenvalue weighted by Crippen LogP contribution is -0.856. The Morgan fingerprint density at radius 1 is 0.0357 bits per heavy atom. The first-order chi connectivity index (χ1) is 28.0. The molecule has 0 amide bonds. The third kappa shape index (κ3) is 0. The van der Waals surface area contributed by atoms with Gasteiger partial charge in [-0.25, -0.2) is 0 Å². The summed E-state index contributed by atoms with van der Waals surface area (Å²) in [5, 5.41) is 0. The predicted octanol–water partition coefficient (Wildman–Crippen LogP) is 28.7. The molecule has 0 saturated heterocycles. The minimum Gasteiger partial charge on any atom is -0.0683 e. The molecule has 0 aromatic carbocycles. The van der Waals surface area contributed by atoms with Crippen LogP contribution in [0.3, 0.4) is 0 Å². The summed E-state index contributed by atoms with van der Waals surface area (Å²) in [4.78, 5) is 0. The van der Waals surface area contributed by atoms with Gasteiger partial charge in [-0.1, -0.05) is 388 Å². The molecule has 0 rings (SSSR count). The van der Waals surface area contributed by atoms with Gasteiger partial charge < -0.3 is 0 Å². The van der Waals surface area contributed by atoms with E-state index in [2.05, 4.69) is 0 Å². The molecule has 0 heteroatoms. The minimum absolute atomic E-state index is 2.00. The van der Waals surface area contributed by atoms with Crippen LogP contribution in [0.5, 0.6) is 0 Å². The van der Waals surface area contributed by atoms with Crippen molar-refractivity contribution < 1.29 is 0 Å². The van der Waals surface area contributed by atoms with Gasteiger partial charge >= 0.3 is 0 Å². The van der Waals surface area contributed by atoms with Gasteiger partial charge in [-0.05, 0) is 0 Å². The molecule has 0 bridgehead atoms. The molecular weight excluding hydrogens is 673 g/mol. The molecule has 0 aliphatic heterocycles. The van der Waals surface area contributed by atoms with Crippen LogP contribution in [0.4, 0.5) is 0 Å². The highest BCUT2D eigenvalue weighted by atomic mass is 13.1. The van der Waals surface area contributed by atoms with E-state index < -0.39 is 0 Å². The lowest BCUT2D eigenvalue weighted by atomic mass is 11.0. The SMILES string of the molecule is CC.CC.CC.CC.CC.CC.CC.CC.CC.CC.CC.CC.CC.CC.CC.CC.CC.CC.CC.CC.CC.CC.CC.CC.CC.CC.CC.CC. The normalized spacial score (nSPS) is 3.00. The van der Waals surface area contributed by atoms with Crippen molar-refractivity contribution in [2.24, 2.45) is 0 Å². The minimum atomic E-state index is 2.00. The van der Waals surface area contributed by atoms with Gasteiger partial charge in [0.1, 0.15) is 0 Å². The smallest absolute Gasteiger partial charge is 0.0683 e. The van der Waals surface area contributed by atoms with E-state index >= 15 is 0 Å². The van der Waals surface area contributed by atoms with Crippen LogP contribution in [-0.4, -0.2) is 0 Å². The Kier molecular flexibility index (Phi) is 0.